The van der Waals surface area contributed by atoms with Gasteiger partial charge in [-0.15, -0.1) is 35.3 Å². The van der Waals surface area contributed by atoms with Gasteiger partial charge < -0.3 is 10.6 Å². The van der Waals surface area contributed by atoms with Crippen molar-refractivity contribution in [3.8, 4) is 0 Å². The molecule has 0 amide bonds. The normalized spacial score (nSPS) is 11.6. The van der Waals surface area contributed by atoms with E-state index in [-0.39, 0.29) is 24.0 Å². The molecule has 0 aromatic carbocycles. The van der Waals surface area contributed by atoms with E-state index < -0.39 is 0 Å². The van der Waals surface area contributed by atoms with E-state index in [2.05, 4.69) is 53.7 Å². The minimum Gasteiger partial charge on any atom is -0.356 e. The third kappa shape index (κ3) is 7.10. The molecule has 0 bridgehead atoms. The van der Waals surface area contributed by atoms with E-state index in [1.165, 1.54) is 5.01 Å². The first-order valence-corrected chi connectivity index (χ1v) is 7.29. The minimum atomic E-state index is 0. The Kier molecular flexibility index (Phi) is 9.34. The highest BCUT2D eigenvalue weighted by Gasteiger charge is 2.06. The number of guanidine groups is 1. The summed E-state index contributed by atoms with van der Waals surface area (Å²) in [6, 6.07) is 0. The summed E-state index contributed by atoms with van der Waals surface area (Å²) in [6.45, 7) is 10.3. The number of thiazole rings is 1. The van der Waals surface area contributed by atoms with Gasteiger partial charge in [0.2, 0.25) is 0 Å². The van der Waals surface area contributed by atoms with Crippen LogP contribution in [0.4, 0.5) is 0 Å². The van der Waals surface area contributed by atoms with Crippen LogP contribution in [-0.2, 0) is 6.54 Å². The lowest BCUT2D eigenvalue weighted by Gasteiger charge is -2.12. The van der Waals surface area contributed by atoms with Crippen LogP contribution >= 0.6 is 35.3 Å². The second kappa shape index (κ2) is 9.52. The first-order chi connectivity index (χ1) is 8.52. The lowest BCUT2D eigenvalue weighted by molar-refractivity contribution is 0.614. The van der Waals surface area contributed by atoms with Crippen LogP contribution in [0.2, 0.25) is 0 Å². The van der Waals surface area contributed by atoms with E-state index in [1.807, 2.05) is 0 Å². The van der Waals surface area contributed by atoms with E-state index in [1.54, 1.807) is 18.4 Å². The van der Waals surface area contributed by atoms with Gasteiger partial charge in [0, 0.05) is 24.9 Å². The molecule has 0 spiro atoms. The minimum absolute atomic E-state index is 0. The number of aliphatic imine (C=N–C) groups is 1. The highest BCUT2D eigenvalue weighted by atomic mass is 127. The van der Waals surface area contributed by atoms with Gasteiger partial charge in [-0.1, -0.05) is 27.7 Å². The predicted molar refractivity (Wildman–Crippen MR) is 94.7 cm³/mol. The predicted octanol–water partition coefficient (Wildman–Crippen LogP) is 3.21. The maximum absolute atomic E-state index is 4.58. The molecule has 1 aromatic rings. The fourth-order valence-corrected chi connectivity index (χ4v) is 2.20. The van der Waals surface area contributed by atoms with Crippen LogP contribution in [0, 0.1) is 5.92 Å². The van der Waals surface area contributed by atoms with Crippen LogP contribution in [0.5, 0.6) is 0 Å². The number of hydrogen-bond acceptors (Lipinski definition) is 3. The van der Waals surface area contributed by atoms with Crippen molar-refractivity contribution in [1.82, 2.24) is 15.6 Å². The lowest BCUT2D eigenvalue weighted by atomic mass is 10.2. The fourth-order valence-electron chi connectivity index (χ4n) is 1.36. The number of nitrogens with zero attached hydrogens (tertiary/aromatic N) is 2. The van der Waals surface area contributed by atoms with Crippen molar-refractivity contribution in [3.05, 3.63) is 16.1 Å². The highest BCUT2D eigenvalue weighted by molar-refractivity contribution is 14.0. The number of aromatic nitrogens is 1. The Balaban J connectivity index is 0.00000324. The summed E-state index contributed by atoms with van der Waals surface area (Å²) in [5.41, 5.74) is 1.08. The zero-order chi connectivity index (χ0) is 13.5. The van der Waals surface area contributed by atoms with Gasteiger partial charge in [-0.05, 0) is 5.92 Å². The zero-order valence-electron chi connectivity index (χ0n) is 12.4. The smallest absolute Gasteiger partial charge is 0.191 e. The van der Waals surface area contributed by atoms with Gasteiger partial charge in [-0.3, -0.25) is 4.99 Å². The van der Waals surface area contributed by atoms with Gasteiger partial charge in [0.15, 0.2) is 5.96 Å². The molecule has 1 rings (SSSR count). The van der Waals surface area contributed by atoms with Crippen LogP contribution in [0.1, 0.15) is 44.3 Å². The van der Waals surface area contributed by atoms with Crippen molar-refractivity contribution in [3.63, 3.8) is 0 Å². The number of hydrogen-bond donors (Lipinski definition) is 2. The maximum atomic E-state index is 4.58. The van der Waals surface area contributed by atoms with Crippen LogP contribution in [0.15, 0.2) is 10.4 Å². The first-order valence-electron chi connectivity index (χ1n) is 6.41. The molecule has 0 aliphatic heterocycles. The molecule has 1 aromatic heterocycles. The van der Waals surface area contributed by atoms with E-state index >= 15 is 0 Å². The quantitative estimate of drug-likeness (QED) is 0.457. The Morgan fingerprint density at radius 1 is 1.32 bits per heavy atom. The van der Waals surface area contributed by atoms with E-state index in [0.717, 1.165) is 24.7 Å². The summed E-state index contributed by atoms with van der Waals surface area (Å²) in [7, 11) is 1.79. The Labute approximate surface area is 137 Å². The number of nitrogens with one attached hydrogen (secondary N) is 2. The third-order valence-corrected chi connectivity index (χ3v) is 3.60. The second-order valence-electron chi connectivity index (χ2n) is 5.03. The molecule has 19 heavy (non-hydrogen) atoms. The largest absolute Gasteiger partial charge is 0.356 e. The van der Waals surface area contributed by atoms with Crippen molar-refractivity contribution in [2.24, 2.45) is 10.9 Å². The molecule has 0 atom stereocenters. The van der Waals surface area contributed by atoms with Gasteiger partial charge in [0.25, 0.3) is 0 Å². The number of rotatable bonds is 5. The van der Waals surface area contributed by atoms with Gasteiger partial charge >= 0.3 is 0 Å². The van der Waals surface area contributed by atoms with Gasteiger partial charge in [0.05, 0.1) is 17.2 Å². The average Bonchev–Trinajstić information content (AvgIpc) is 2.78. The summed E-state index contributed by atoms with van der Waals surface area (Å²) in [4.78, 5) is 8.77. The van der Waals surface area contributed by atoms with Gasteiger partial charge in [-0.25, -0.2) is 4.98 Å². The molecule has 1 heterocycles. The Bertz CT molecular complexity index is 388. The molecule has 0 unspecified atom stereocenters. The van der Waals surface area contributed by atoms with E-state index in [9.17, 15) is 0 Å². The number of halogens is 1. The molecule has 110 valence electrons. The molecule has 0 fully saturated rings. The molecule has 4 nitrogen and oxygen atoms in total. The fraction of sp³-hybridized carbons (Fsp3) is 0.692. The van der Waals surface area contributed by atoms with Crippen LogP contribution in [-0.4, -0.2) is 24.5 Å². The summed E-state index contributed by atoms with van der Waals surface area (Å²) >= 11 is 1.72. The molecule has 0 saturated carbocycles. The van der Waals surface area contributed by atoms with Crippen LogP contribution in [0.25, 0.3) is 0 Å². The molecule has 0 radical (unpaired) electrons. The Morgan fingerprint density at radius 3 is 2.47 bits per heavy atom. The van der Waals surface area contributed by atoms with Crippen molar-refractivity contribution in [2.75, 3.05) is 13.6 Å². The monoisotopic (exact) mass is 396 g/mol. The Morgan fingerprint density at radius 2 is 2.00 bits per heavy atom. The molecular weight excluding hydrogens is 371 g/mol. The van der Waals surface area contributed by atoms with Crippen molar-refractivity contribution >= 4 is 41.3 Å². The molecule has 2 N–H and O–H groups in total. The maximum Gasteiger partial charge on any atom is 0.191 e. The molecule has 6 heteroatoms. The summed E-state index contributed by atoms with van der Waals surface area (Å²) in [5.74, 6) is 1.94. The third-order valence-electron chi connectivity index (χ3n) is 2.40. The summed E-state index contributed by atoms with van der Waals surface area (Å²) in [5, 5.41) is 9.86. The van der Waals surface area contributed by atoms with Crippen molar-refractivity contribution in [1.29, 1.82) is 0 Å². The zero-order valence-corrected chi connectivity index (χ0v) is 15.5. The Hall–Kier alpha value is -0.370. The van der Waals surface area contributed by atoms with E-state index in [4.69, 9.17) is 0 Å². The molecular formula is C13H25IN4S. The van der Waals surface area contributed by atoms with Gasteiger partial charge in [0.1, 0.15) is 0 Å². The van der Waals surface area contributed by atoms with E-state index in [0.29, 0.717) is 11.8 Å². The lowest BCUT2D eigenvalue weighted by Crippen LogP contribution is -2.38. The summed E-state index contributed by atoms with van der Waals surface area (Å²) < 4.78 is 0. The topological polar surface area (TPSA) is 49.3 Å². The molecule has 0 aliphatic carbocycles. The second-order valence-corrected chi connectivity index (χ2v) is 5.92. The van der Waals surface area contributed by atoms with Crippen LogP contribution in [0.3, 0.4) is 0 Å². The molecule has 0 saturated heterocycles. The summed E-state index contributed by atoms with van der Waals surface area (Å²) in [6.07, 6.45) is 0. The van der Waals surface area contributed by atoms with Crippen molar-refractivity contribution in [2.45, 2.75) is 40.2 Å². The van der Waals surface area contributed by atoms with Crippen LogP contribution < -0.4 is 10.6 Å². The average molecular weight is 396 g/mol. The van der Waals surface area contributed by atoms with Gasteiger partial charge in [-0.2, -0.15) is 0 Å². The van der Waals surface area contributed by atoms with Crippen molar-refractivity contribution < 1.29 is 0 Å². The standard InChI is InChI=1S/C13H24N4S.HI/c1-9(2)6-15-13(14-5)16-7-11-8-18-12(17-11)10(3)4;/h8-10H,6-7H2,1-5H3,(H2,14,15,16);1H. The molecule has 0 aliphatic rings. The SMILES string of the molecule is CN=C(NCc1csc(C(C)C)n1)NCC(C)C.I. The first kappa shape index (κ1) is 18.6. The highest BCUT2D eigenvalue weighted by Crippen LogP contribution is 2.18.